The number of carbonyl (C=O) groups is 2. The van der Waals surface area contributed by atoms with Crippen LogP contribution in [0.2, 0.25) is 0 Å². The van der Waals surface area contributed by atoms with E-state index < -0.39 is 5.97 Å². The number of fused-ring (bicyclic) bond motifs is 1. The minimum Gasteiger partial charge on any atom is -0.481 e. The van der Waals surface area contributed by atoms with Crippen LogP contribution >= 0.6 is 0 Å². The number of hydrogen-bond donors (Lipinski definition) is 1. The van der Waals surface area contributed by atoms with Gasteiger partial charge in [0.25, 0.3) is 0 Å². The number of likely N-dealkylation sites (N-methyl/N-ethyl adjacent to an activating group) is 1. The minimum absolute atomic E-state index is 0.00751. The Bertz CT molecular complexity index is 496. The third kappa shape index (κ3) is 3.56. The molecule has 0 atom stereocenters. The lowest BCUT2D eigenvalue weighted by molar-refractivity contribution is -0.138. The van der Waals surface area contributed by atoms with Crippen molar-refractivity contribution >= 4 is 11.9 Å². The Labute approximate surface area is 113 Å². The van der Waals surface area contributed by atoms with Gasteiger partial charge in [0.1, 0.15) is 0 Å². The van der Waals surface area contributed by atoms with E-state index in [1.807, 2.05) is 6.07 Å². The van der Waals surface area contributed by atoms with Gasteiger partial charge in [0.15, 0.2) is 0 Å². The predicted octanol–water partition coefficient (Wildman–Crippen LogP) is 1.65. The molecule has 0 heterocycles. The molecule has 1 amide bonds. The lowest BCUT2D eigenvalue weighted by atomic mass is 10.0. The van der Waals surface area contributed by atoms with Crippen LogP contribution in [-0.2, 0) is 28.9 Å². The molecule has 0 fully saturated rings. The number of aryl methyl sites for hydroxylation is 2. The second-order valence-electron chi connectivity index (χ2n) is 5.09. The van der Waals surface area contributed by atoms with Crippen LogP contribution in [0.4, 0.5) is 0 Å². The summed E-state index contributed by atoms with van der Waals surface area (Å²) in [6.07, 6.45) is 3.79. The molecule has 0 bridgehead atoms. The standard InChI is InChI=1S/C15H19NO3/c1-16(8-7-15(18)19)14(17)10-11-5-6-12-3-2-4-13(12)9-11/h5-6,9H,2-4,7-8,10H2,1H3,(H,18,19). The van der Waals surface area contributed by atoms with Crippen LogP contribution in [-0.4, -0.2) is 35.5 Å². The molecule has 4 heteroatoms. The number of hydrogen-bond acceptors (Lipinski definition) is 2. The van der Waals surface area contributed by atoms with E-state index in [0.29, 0.717) is 6.42 Å². The van der Waals surface area contributed by atoms with Crippen LogP contribution in [0.3, 0.4) is 0 Å². The number of carbonyl (C=O) groups excluding carboxylic acids is 1. The molecule has 2 rings (SSSR count). The summed E-state index contributed by atoms with van der Waals surface area (Å²) in [5.41, 5.74) is 3.78. The molecule has 0 aromatic heterocycles. The Kier molecular flexibility index (Phi) is 4.20. The largest absolute Gasteiger partial charge is 0.481 e. The zero-order valence-corrected chi connectivity index (χ0v) is 11.2. The Morgan fingerprint density at radius 2 is 2.00 bits per heavy atom. The Balaban J connectivity index is 1.93. The van der Waals surface area contributed by atoms with E-state index in [-0.39, 0.29) is 18.9 Å². The molecule has 0 aliphatic heterocycles. The number of nitrogens with zero attached hydrogens (tertiary/aromatic N) is 1. The number of benzene rings is 1. The molecule has 19 heavy (non-hydrogen) atoms. The number of aliphatic carboxylic acids is 1. The van der Waals surface area contributed by atoms with Gasteiger partial charge in [-0.3, -0.25) is 9.59 Å². The highest BCUT2D eigenvalue weighted by atomic mass is 16.4. The maximum Gasteiger partial charge on any atom is 0.305 e. The van der Waals surface area contributed by atoms with Crippen molar-refractivity contribution in [3.8, 4) is 0 Å². The van der Waals surface area contributed by atoms with Crippen LogP contribution in [0.15, 0.2) is 18.2 Å². The molecular weight excluding hydrogens is 242 g/mol. The van der Waals surface area contributed by atoms with Crippen molar-refractivity contribution in [3.05, 3.63) is 34.9 Å². The van der Waals surface area contributed by atoms with E-state index >= 15 is 0 Å². The first-order valence-electron chi connectivity index (χ1n) is 6.62. The highest BCUT2D eigenvalue weighted by Gasteiger charge is 2.14. The van der Waals surface area contributed by atoms with Crippen molar-refractivity contribution in [2.45, 2.75) is 32.1 Å². The summed E-state index contributed by atoms with van der Waals surface area (Å²) < 4.78 is 0. The lowest BCUT2D eigenvalue weighted by Crippen LogP contribution is -2.30. The topological polar surface area (TPSA) is 57.6 Å². The number of rotatable bonds is 5. The van der Waals surface area contributed by atoms with Gasteiger partial charge in [-0.25, -0.2) is 0 Å². The maximum absolute atomic E-state index is 12.0. The van der Waals surface area contributed by atoms with Crippen molar-refractivity contribution in [2.75, 3.05) is 13.6 Å². The Morgan fingerprint density at radius 1 is 1.26 bits per heavy atom. The first kappa shape index (κ1) is 13.6. The maximum atomic E-state index is 12.0. The van der Waals surface area contributed by atoms with Crippen molar-refractivity contribution in [3.63, 3.8) is 0 Å². The molecule has 1 aromatic carbocycles. The van der Waals surface area contributed by atoms with E-state index in [0.717, 1.165) is 18.4 Å². The fraction of sp³-hybridized carbons (Fsp3) is 0.467. The van der Waals surface area contributed by atoms with Crippen LogP contribution < -0.4 is 0 Å². The summed E-state index contributed by atoms with van der Waals surface area (Å²) in [6, 6.07) is 6.24. The van der Waals surface area contributed by atoms with E-state index in [1.54, 1.807) is 7.05 Å². The minimum atomic E-state index is -0.878. The van der Waals surface area contributed by atoms with Crippen molar-refractivity contribution in [2.24, 2.45) is 0 Å². The molecule has 0 saturated carbocycles. The van der Waals surface area contributed by atoms with Gasteiger partial charge in [-0.15, -0.1) is 0 Å². The second kappa shape index (κ2) is 5.87. The quantitative estimate of drug-likeness (QED) is 0.876. The third-order valence-corrected chi connectivity index (χ3v) is 3.61. The summed E-state index contributed by atoms with van der Waals surface area (Å²) in [6.45, 7) is 0.263. The summed E-state index contributed by atoms with van der Waals surface area (Å²) >= 11 is 0. The molecule has 0 spiro atoms. The van der Waals surface area contributed by atoms with Gasteiger partial charge >= 0.3 is 5.97 Å². The van der Waals surface area contributed by atoms with Crippen LogP contribution in [0, 0.1) is 0 Å². The monoisotopic (exact) mass is 261 g/mol. The fourth-order valence-electron chi connectivity index (χ4n) is 2.43. The summed E-state index contributed by atoms with van der Waals surface area (Å²) in [7, 11) is 1.65. The van der Waals surface area contributed by atoms with E-state index in [9.17, 15) is 9.59 Å². The number of carboxylic acids is 1. The molecule has 0 unspecified atom stereocenters. The van der Waals surface area contributed by atoms with Gasteiger partial charge in [0.05, 0.1) is 12.8 Å². The third-order valence-electron chi connectivity index (χ3n) is 3.61. The predicted molar refractivity (Wildman–Crippen MR) is 72.1 cm³/mol. The zero-order chi connectivity index (χ0) is 13.8. The van der Waals surface area contributed by atoms with E-state index in [1.165, 1.54) is 22.4 Å². The van der Waals surface area contributed by atoms with Gasteiger partial charge in [0, 0.05) is 13.6 Å². The van der Waals surface area contributed by atoms with E-state index in [4.69, 9.17) is 5.11 Å². The average Bonchev–Trinajstić information content (AvgIpc) is 2.83. The normalized spacial score (nSPS) is 13.1. The highest BCUT2D eigenvalue weighted by Crippen LogP contribution is 2.23. The summed E-state index contributed by atoms with van der Waals surface area (Å²) in [5.74, 6) is -0.906. The molecular formula is C15H19NO3. The smallest absolute Gasteiger partial charge is 0.305 e. The average molecular weight is 261 g/mol. The van der Waals surface area contributed by atoms with Gasteiger partial charge in [0.2, 0.25) is 5.91 Å². The van der Waals surface area contributed by atoms with Gasteiger partial charge in [-0.2, -0.15) is 0 Å². The Hall–Kier alpha value is -1.84. The highest BCUT2D eigenvalue weighted by molar-refractivity contribution is 5.79. The first-order valence-corrected chi connectivity index (χ1v) is 6.62. The molecule has 0 radical (unpaired) electrons. The molecule has 1 aliphatic carbocycles. The molecule has 1 N–H and O–H groups in total. The van der Waals surface area contributed by atoms with Crippen LogP contribution in [0.1, 0.15) is 29.5 Å². The molecule has 102 valence electrons. The second-order valence-corrected chi connectivity index (χ2v) is 5.09. The molecule has 1 aromatic rings. The van der Waals surface area contributed by atoms with Gasteiger partial charge in [-0.1, -0.05) is 18.2 Å². The van der Waals surface area contributed by atoms with Crippen LogP contribution in [0.25, 0.3) is 0 Å². The lowest BCUT2D eigenvalue weighted by Gasteiger charge is -2.16. The van der Waals surface area contributed by atoms with Crippen molar-refractivity contribution < 1.29 is 14.7 Å². The molecule has 0 saturated heterocycles. The van der Waals surface area contributed by atoms with Gasteiger partial charge in [-0.05, 0) is 36.0 Å². The number of carboxylic acid groups (broad SMARTS) is 1. The van der Waals surface area contributed by atoms with Crippen molar-refractivity contribution in [1.82, 2.24) is 4.90 Å². The SMILES string of the molecule is CN(CCC(=O)O)C(=O)Cc1ccc2c(c1)CCC2. The number of amides is 1. The fourth-order valence-corrected chi connectivity index (χ4v) is 2.43. The summed E-state index contributed by atoms with van der Waals surface area (Å²) in [5, 5.41) is 8.60. The molecule has 1 aliphatic rings. The summed E-state index contributed by atoms with van der Waals surface area (Å²) in [4.78, 5) is 23.9. The first-order chi connectivity index (χ1) is 9.06. The Morgan fingerprint density at radius 3 is 2.74 bits per heavy atom. The zero-order valence-electron chi connectivity index (χ0n) is 11.2. The van der Waals surface area contributed by atoms with E-state index in [2.05, 4.69) is 12.1 Å². The molecule has 4 nitrogen and oxygen atoms in total. The van der Waals surface area contributed by atoms with Gasteiger partial charge < -0.3 is 10.0 Å². The van der Waals surface area contributed by atoms with Crippen LogP contribution in [0.5, 0.6) is 0 Å². The van der Waals surface area contributed by atoms with Crippen molar-refractivity contribution in [1.29, 1.82) is 0 Å².